The smallest absolute Gasteiger partial charge is 0.246 e. The highest BCUT2D eigenvalue weighted by atomic mass is 35.5. The number of carbonyl (C=O) groups is 1. The lowest BCUT2D eigenvalue weighted by Crippen LogP contribution is -2.28. The Hall–Kier alpha value is -1.83. The minimum atomic E-state index is 0.0230. The van der Waals surface area contributed by atoms with Gasteiger partial charge in [-0.25, -0.2) is 0 Å². The Bertz CT molecular complexity index is 819. The third kappa shape index (κ3) is 5.07. The summed E-state index contributed by atoms with van der Waals surface area (Å²) < 4.78 is 5.23. The van der Waals surface area contributed by atoms with Gasteiger partial charge in [-0.2, -0.15) is 4.98 Å². The second kappa shape index (κ2) is 8.51. The first-order chi connectivity index (χ1) is 12.1. The maximum absolute atomic E-state index is 12.2. The van der Waals surface area contributed by atoms with E-state index >= 15 is 0 Å². The Labute approximate surface area is 159 Å². The number of nitrogens with zero attached hydrogens (tertiary/aromatic N) is 3. The summed E-state index contributed by atoms with van der Waals surface area (Å²) >= 11 is 8.97. The molecule has 3 rings (SSSR count). The molecule has 3 aromatic rings. The highest BCUT2D eigenvalue weighted by Crippen LogP contribution is 2.21. The van der Waals surface area contributed by atoms with Crippen molar-refractivity contribution in [3.63, 3.8) is 0 Å². The maximum atomic E-state index is 12.2. The van der Waals surface area contributed by atoms with Crippen LogP contribution in [0.15, 0.2) is 46.3 Å². The highest BCUT2D eigenvalue weighted by molar-refractivity contribution is 7.99. The number of aromatic nitrogens is 2. The number of amides is 1. The van der Waals surface area contributed by atoms with E-state index < -0.39 is 0 Å². The Morgan fingerprint density at radius 1 is 1.32 bits per heavy atom. The van der Waals surface area contributed by atoms with Crippen LogP contribution in [0.25, 0.3) is 10.7 Å². The van der Waals surface area contributed by atoms with E-state index in [4.69, 9.17) is 16.1 Å². The van der Waals surface area contributed by atoms with Gasteiger partial charge in [0, 0.05) is 17.8 Å². The van der Waals surface area contributed by atoms with Crippen molar-refractivity contribution in [2.45, 2.75) is 12.3 Å². The van der Waals surface area contributed by atoms with Crippen LogP contribution in [-0.4, -0.2) is 33.7 Å². The Balaban J connectivity index is 1.46. The van der Waals surface area contributed by atoms with Crippen LogP contribution < -0.4 is 0 Å². The Morgan fingerprint density at radius 3 is 2.84 bits per heavy atom. The van der Waals surface area contributed by atoms with Crippen molar-refractivity contribution < 1.29 is 9.32 Å². The Morgan fingerprint density at radius 2 is 2.12 bits per heavy atom. The molecule has 2 heterocycles. The number of thioether (sulfide) groups is 1. The lowest BCUT2D eigenvalue weighted by molar-refractivity contribution is -0.127. The van der Waals surface area contributed by atoms with Gasteiger partial charge in [0.1, 0.15) is 0 Å². The van der Waals surface area contributed by atoms with Crippen LogP contribution in [0.3, 0.4) is 0 Å². The summed E-state index contributed by atoms with van der Waals surface area (Å²) in [5.74, 6) is 2.17. The van der Waals surface area contributed by atoms with E-state index in [0.717, 1.165) is 16.2 Å². The molecule has 0 aliphatic carbocycles. The molecular weight excluding hydrogens is 378 g/mol. The number of benzene rings is 1. The molecule has 0 fully saturated rings. The lowest BCUT2D eigenvalue weighted by atomic mass is 10.2. The summed E-state index contributed by atoms with van der Waals surface area (Å²) in [6.07, 6.45) is 0. The molecule has 0 N–H and O–H groups in total. The second-order valence-electron chi connectivity index (χ2n) is 5.36. The molecule has 1 amide bonds. The summed E-state index contributed by atoms with van der Waals surface area (Å²) in [6.45, 7) is 0.304. The van der Waals surface area contributed by atoms with Gasteiger partial charge >= 0.3 is 0 Å². The van der Waals surface area contributed by atoms with Crippen molar-refractivity contribution in [3.05, 3.63) is 58.3 Å². The summed E-state index contributed by atoms with van der Waals surface area (Å²) in [5, 5.41) is 6.62. The zero-order valence-corrected chi connectivity index (χ0v) is 15.9. The van der Waals surface area contributed by atoms with Crippen LogP contribution in [-0.2, 0) is 17.1 Å². The molecule has 0 unspecified atom stereocenters. The summed E-state index contributed by atoms with van der Waals surface area (Å²) in [5.41, 5.74) is 1.14. The number of halogens is 1. The topological polar surface area (TPSA) is 59.2 Å². The van der Waals surface area contributed by atoms with E-state index in [2.05, 4.69) is 10.1 Å². The largest absolute Gasteiger partial charge is 0.337 e. The fraction of sp³-hybridized carbons (Fsp3) is 0.235. The number of thiophene rings is 1. The van der Waals surface area contributed by atoms with E-state index in [0.29, 0.717) is 29.0 Å². The van der Waals surface area contributed by atoms with Gasteiger partial charge < -0.3 is 9.42 Å². The van der Waals surface area contributed by atoms with Crippen molar-refractivity contribution in [3.8, 4) is 10.7 Å². The minimum Gasteiger partial charge on any atom is -0.337 e. The fourth-order valence-electron chi connectivity index (χ4n) is 2.06. The van der Waals surface area contributed by atoms with Crippen molar-refractivity contribution in [1.29, 1.82) is 0 Å². The molecule has 0 bridgehead atoms. The third-order valence-electron chi connectivity index (χ3n) is 3.42. The third-order valence-corrected chi connectivity index (χ3v) is 5.52. The predicted octanol–water partition coefficient (Wildman–Crippen LogP) is 4.34. The molecule has 25 heavy (non-hydrogen) atoms. The monoisotopic (exact) mass is 393 g/mol. The zero-order valence-electron chi connectivity index (χ0n) is 13.5. The van der Waals surface area contributed by atoms with Crippen LogP contribution >= 0.6 is 34.7 Å². The van der Waals surface area contributed by atoms with Crippen molar-refractivity contribution in [2.24, 2.45) is 0 Å². The molecule has 0 aliphatic rings. The Kier molecular flexibility index (Phi) is 6.12. The second-order valence-corrected chi connectivity index (χ2v) is 7.73. The zero-order chi connectivity index (χ0) is 17.6. The van der Waals surface area contributed by atoms with Crippen molar-refractivity contribution in [2.75, 3.05) is 12.8 Å². The van der Waals surface area contributed by atoms with Crippen LogP contribution in [0.4, 0.5) is 0 Å². The van der Waals surface area contributed by atoms with Gasteiger partial charge in [-0.15, -0.1) is 23.1 Å². The average Bonchev–Trinajstić information content (AvgIpc) is 3.27. The normalized spacial score (nSPS) is 10.8. The van der Waals surface area contributed by atoms with Crippen LogP contribution in [0.5, 0.6) is 0 Å². The molecule has 1 aromatic carbocycles. The van der Waals surface area contributed by atoms with Crippen LogP contribution in [0.1, 0.15) is 11.5 Å². The van der Waals surface area contributed by atoms with Crippen molar-refractivity contribution in [1.82, 2.24) is 15.0 Å². The standard InChI is InChI=1S/C17H16ClN3O2S2/c1-21(9-15-19-17(20-23-15)14-3-2-8-25-14)16(22)11-24-10-12-4-6-13(18)7-5-12/h2-8H,9-11H2,1H3. The number of carbonyl (C=O) groups excluding carboxylic acids is 1. The average molecular weight is 394 g/mol. The predicted molar refractivity (Wildman–Crippen MR) is 102 cm³/mol. The van der Waals surface area contributed by atoms with Gasteiger partial charge in [-0.05, 0) is 29.1 Å². The van der Waals surface area contributed by atoms with Gasteiger partial charge in [0.25, 0.3) is 0 Å². The molecule has 2 aromatic heterocycles. The molecule has 0 atom stereocenters. The van der Waals surface area contributed by atoms with E-state index in [-0.39, 0.29) is 5.91 Å². The molecule has 0 spiro atoms. The SMILES string of the molecule is CN(Cc1nc(-c2cccs2)no1)C(=O)CSCc1ccc(Cl)cc1. The summed E-state index contributed by atoms with van der Waals surface area (Å²) in [4.78, 5) is 19.1. The molecule has 0 saturated carbocycles. The first-order valence-electron chi connectivity index (χ1n) is 7.54. The molecule has 0 radical (unpaired) electrons. The van der Waals surface area contributed by atoms with Crippen LogP contribution in [0.2, 0.25) is 5.02 Å². The van der Waals surface area contributed by atoms with E-state index in [1.165, 1.54) is 0 Å². The lowest BCUT2D eigenvalue weighted by Gasteiger charge is -2.14. The highest BCUT2D eigenvalue weighted by Gasteiger charge is 2.15. The molecule has 0 aliphatic heterocycles. The quantitative estimate of drug-likeness (QED) is 0.597. The molecule has 5 nitrogen and oxygen atoms in total. The molecule has 0 saturated heterocycles. The van der Waals surface area contributed by atoms with Gasteiger partial charge in [0.2, 0.25) is 17.6 Å². The van der Waals surface area contributed by atoms with Gasteiger partial charge in [-0.3, -0.25) is 4.79 Å². The molecular formula is C17H16ClN3O2S2. The van der Waals surface area contributed by atoms with Gasteiger partial charge in [-0.1, -0.05) is 35.0 Å². The first kappa shape index (κ1) is 18.0. The van der Waals surface area contributed by atoms with E-state index in [9.17, 15) is 4.79 Å². The van der Waals surface area contributed by atoms with E-state index in [1.807, 2.05) is 41.8 Å². The maximum Gasteiger partial charge on any atom is 0.246 e. The molecule has 130 valence electrons. The molecule has 8 heteroatoms. The minimum absolute atomic E-state index is 0.0230. The van der Waals surface area contributed by atoms with Gasteiger partial charge in [0.05, 0.1) is 17.2 Å². The number of hydrogen-bond acceptors (Lipinski definition) is 6. The summed E-state index contributed by atoms with van der Waals surface area (Å²) in [7, 11) is 1.74. The van der Waals surface area contributed by atoms with Crippen LogP contribution in [0, 0.1) is 0 Å². The number of rotatable bonds is 7. The van der Waals surface area contributed by atoms with Gasteiger partial charge in [0.15, 0.2) is 0 Å². The van der Waals surface area contributed by atoms with E-state index in [1.54, 1.807) is 35.0 Å². The first-order valence-corrected chi connectivity index (χ1v) is 9.95. The fourth-order valence-corrected chi connectivity index (χ4v) is 3.76. The van der Waals surface area contributed by atoms with Crippen molar-refractivity contribution >= 4 is 40.6 Å². The summed E-state index contributed by atoms with van der Waals surface area (Å²) in [6, 6.07) is 11.5. The number of hydrogen-bond donors (Lipinski definition) is 0.